The van der Waals surface area contributed by atoms with Crippen LogP contribution in [-0.2, 0) is 14.8 Å². The third-order valence-corrected chi connectivity index (χ3v) is 5.02. The van der Waals surface area contributed by atoms with E-state index in [4.69, 9.17) is 11.6 Å². The van der Waals surface area contributed by atoms with Gasteiger partial charge in [0.1, 0.15) is 0 Å². The van der Waals surface area contributed by atoms with E-state index >= 15 is 0 Å². The van der Waals surface area contributed by atoms with Crippen LogP contribution in [0.2, 0.25) is 5.02 Å². The molecule has 2 N–H and O–H groups in total. The highest BCUT2D eigenvalue weighted by Gasteiger charge is 2.22. The van der Waals surface area contributed by atoms with E-state index < -0.39 is 22.0 Å². The fourth-order valence-electron chi connectivity index (χ4n) is 1.96. The van der Waals surface area contributed by atoms with Gasteiger partial charge < -0.3 is 5.32 Å². The third kappa shape index (κ3) is 4.54. The maximum Gasteiger partial charge on any atom is 0.242 e. The molecule has 0 aliphatic carbocycles. The van der Waals surface area contributed by atoms with E-state index in [1.54, 1.807) is 43.3 Å². The fourth-order valence-corrected chi connectivity index (χ4v) is 3.41. The SMILES string of the molecule is Cc1cc(Cl)ccc1NC(=O)C(C)NS(=O)(=O)c1ccccc1. The molecular formula is C16H17ClN2O3S. The van der Waals surface area contributed by atoms with Crippen molar-refractivity contribution in [3.8, 4) is 0 Å². The maximum absolute atomic E-state index is 12.2. The Morgan fingerprint density at radius 3 is 2.39 bits per heavy atom. The van der Waals surface area contributed by atoms with Gasteiger partial charge in [0.25, 0.3) is 0 Å². The molecule has 0 aliphatic heterocycles. The molecule has 5 nitrogen and oxygen atoms in total. The quantitative estimate of drug-likeness (QED) is 0.868. The predicted molar refractivity (Wildman–Crippen MR) is 91.0 cm³/mol. The van der Waals surface area contributed by atoms with Gasteiger partial charge in [0.15, 0.2) is 0 Å². The van der Waals surface area contributed by atoms with E-state index in [-0.39, 0.29) is 4.90 Å². The zero-order valence-corrected chi connectivity index (χ0v) is 14.3. The first-order valence-electron chi connectivity index (χ1n) is 6.94. The van der Waals surface area contributed by atoms with Gasteiger partial charge in [-0.3, -0.25) is 4.79 Å². The van der Waals surface area contributed by atoms with E-state index in [9.17, 15) is 13.2 Å². The largest absolute Gasteiger partial charge is 0.324 e. The molecule has 1 unspecified atom stereocenters. The minimum Gasteiger partial charge on any atom is -0.324 e. The van der Waals surface area contributed by atoms with E-state index in [0.29, 0.717) is 10.7 Å². The summed E-state index contributed by atoms with van der Waals surface area (Å²) in [5.74, 6) is -0.449. The lowest BCUT2D eigenvalue weighted by Gasteiger charge is -2.15. The lowest BCUT2D eigenvalue weighted by Crippen LogP contribution is -2.41. The van der Waals surface area contributed by atoms with Crippen LogP contribution in [0, 0.1) is 6.92 Å². The molecule has 23 heavy (non-hydrogen) atoms. The van der Waals surface area contributed by atoms with Crippen molar-refractivity contribution in [2.75, 3.05) is 5.32 Å². The van der Waals surface area contributed by atoms with Crippen LogP contribution < -0.4 is 10.0 Å². The van der Waals surface area contributed by atoms with Gasteiger partial charge in [0.2, 0.25) is 15.9 Å². The monoisotopic (exact) mass is 352 g/mol. The number of carbonyl (C=O) groups excluding carboxylic acids is 1. The zero-order chi connectivity index (χ0) is 17.0. The average Bonchev–Trinajstić information content (AvgIpc) is 2.50. The molecule has 2 aromatic carbocycles. The summed E-state index contributed by atoms with van der Waals surface area (Å²) in [5, 5.41) is 3.25. The standard InChI is InChI=1S/C16H17ClN2O3S/c1-11-10-13(17)8-9-15(11)18-16(20)12(2)19-23(21,22)14-6-4-3-5-7-14/h3-10,12,19H,1-2H3,(H,18,20). The Balaban J connectivity index is 2.08. The second-order valence-electron chi connectivity index (χ2n) is 5.10. The van der Waals surface area contributed by atoms with Gasteiger partial charge in [0.05, 0.1) is 10.9 Å². The molecule has 0 aliphatic rings. The number of hydrogen-bond donors (Lipinski definition) is 2. The van der Waals surface area contributed by atoms with Crippen molar-refractivity contribution in [1.82, 2.24) is 4.72 Å². The molecule has 0 saturated carbocycles. The summed E-state index contributed by atoms with van der Waals surface area (Å²) < 4.78 is 26.8. The number of halogens is 1. The molecule has 0 saturated heterocycles. The van der Waals surface area contributed by atoms with Crippen molar-refractivity contribution in [3.05, 3.63) is 59.1 Å². The number of carbonyl (C=O) groups is 1. The molecule has 2 aromatic rings. The molecule has 2 rings (SSSR count). The van der Waals surface area contributed by atoms with Crippen molar-refractivity contribution in [3.63, 3.8) is 0 Å². The van der Waals surface area contributed by atoms with Crippen molar-refractivity contribution >= 4 is 33.2 Å². The molecular weight excluding hydrogens is 336 g/mol. The van der Waals surface area contributed by atoms with Crippen LogP contribution in [-0.4, -0.2) is 20.4 Å². The van der Waals surface area contributed by atoms with Crippen LogP contribution in [0.3, 0.4) is 0 Å². The summed E-state index contributed by atoms with van der Waals surface area (Å²) in [6.07, 6.45) is 0. The van der Waals surface area contributed by atoms with Gasteiger partial charge >= 0.3 is 0 Å². The number of sulfonamides is 1. The molecule has 122 valence electrons. The van der Waals surface area contributed by atoms with Gasteiger partial charge in [-0.15, -0.1) is 0 Å². The number of aryl methyl sites for hydroxylation is 1. The first-order valence-corrected chi connectivity index (χ1v) is 8.80. The predicted octanol–water partition coefficient (Wildman–Crippen LogP) is 2.95. The van der Waals surface area contributed by atoms with E-state index in [1.165, 1.54) is 19.1 Å². The summed E-state index contributed by atoms with van der Waals surface area (Å²) in [7, 11) is -3.75. The van der Waals surface area contributed by atoms with Crippen molar-refractivity contribution in [2.24, 2.45) is 0 Å². The number of rotatable bonds is 5. The minimum absolute atomic E-state index is 0.113. The molecule has 0 aromatic heterocycles. The number of nitrogens with one attached hydrogen (secondary N) is 2. The normalized spacial score (nSPS) is 12.7. The second kappa shape index (κ2) is 7.12. The number of hydrogen-bond acceptors (Lipinski definition) is 3. The highest BCUT2D eigenvalue weighted by molar-refractivity contribution is 7.89. The van der Waals surface area contributed by atoms with E-state index in [1.807, 2.05) is 0 Å². The fraction of sp³-hybridized carbons (Fsp3) is 0.188. The number of amides is 1. The molecule has 7 heteroatoms. The molecule has 0 heterocycles. The Labute approximate surface area is 140 Å². The Hall–Kier alpha value is -1.89. The summed E-state index contributed by atoms with van der Waals surface area (Å²) in [6.45, 7) is 3.29. The van der Waals surface area contributed by atoms with Crippen molar-refractivity contribution < 1.29 is 13.2 Å². The van der Waals surface area contributed by atoms with Crippen LogP contribution in [0.5, 0.6) is 0 Å². The van der Waals surface area contributed by atoms with Crippen molar-refractivity contribution in [1.29, 1.82) is 0 Å². The lowest BCUT2D eigenvalue weighted by molar-refractivity contribution is -0.117. The Morgan fingerprint density at radius 1 is 1.13 bits per heavy atom. The summed E-state index contributed by atoms with van der Waals surface area (Å²) >= 11 is 5.87. The van der Waals surface area contributed by atoms with E-state index in [0.717, 1.165) is 5.56 Å². The molecule has 1 atom stereocenters. The van der Waals surface area contributed by atoms with Crippen molar-refractivity contribution in [2.45, 2.75) is 24.8 Å². The highest BCUT2D eigenvalue weighted by Crippen LogP contribution is 2.19. The summed E-state index contributed by atoms with van der Waals surface area (Å²) in [4.78, 5) is 12.3. The highest BCUT2D eigenvalue weighted by atomic mass is 35.5. The van der Waals surface area contributed by atoms with Gasteiger partial charge in [-0.1, -0.05) is 29.8 Å². The molecule has 0 fully saturated rings. The van der Waals surface area contributed by atoms with Crippen LogP contribution in [0.1, 0.15) is 12.5 Å². The van der Waals surface area contributed by atoms with Gasteiger partial charge in [0, 0.05) is 10.7 Å². The first-order chi connectivity index (χ1) is 10.8. The Bertz CT molecular complexity index is 807. The Morgan fingerprint density at radius 2 is 1.78 bits per heavy atom. The molecule has 1 amide bonds. The summed E-state index contributed by atoms with van der Waals surface area (Å²) in [5.41, 5.74) is 1.38. The lowest BCUT2D eigenvalue weighted by atomic mass is 10.2. The summed E-state index contributed by atoms with van der Waals surface area (Å²) in [6, 6.07) is 12.0. The zero-order valence-electron chi connectivity index (χ0n) is 12.7. The van der Waals surface area contributed by atoms with Crippen LogP contribution >= 0.6 is 11.6 Å². The smallest absolute Gasteiger partial charge is 0.242 e. The molecule has 0 radical (unpaired) electrons. The topological polar surface area (TPSA) is 75.3 Å². The number of benzene rings is 2. The second-order valence-corrected chi connectivity index (χ2v) is 7.25. The maximum atomic E-state index is 12.2. The minimum atomic E-state index is -3.75. The number of anilines is 1. The van der Waals surface area contributed by atoms with Gasteiger partial charge in [-0.05, 0) is 49.7 Å². The first kappa shape index (κ1) is 17.5. The molecule has 0 spiro atoms. The van der Waals surface area contributed by atoms with Crippen LogP contribution in [0.4, 0.5) is 5.69 Å². The molecule has 0 bridgehead atoms. The third-order valence-electron chi connectivity index (χ3n) is 3.23. The van der Waals surface area contributed by atoms with E-state index in [2.05, 4.69) is 10.0 Å². The van der Waals surface area contributed by atoms with Crippen LogP contribution in [0.25, 0.3) is 0 Å². The Kier molecular flexibility index (Phi) is 5.41. The van der Waals surface area contributed by atoms with Crippen LogP contribution in [0.15, 0.2) is 53.4 Å². The average molecular weight is 353 g/mol. The van der Waals surface area contributed by atoms with Gasteiger partial charge in [-0.2, -0.15) is 4.72 Å². The van der Waals surface area contributed by atoms with Gasteiger partial charge in [-0.25, -0.2) is 8.42 Å².